The van der Waals surface area contributed by atoms with Crippen LogP contribution in [0, 0.1) is 0 Å². The average molecular weight is 331 g/mol. The van der Waals surface area contributed by atoms with Crippen LogP contribution in [0.3, 0.4) is 0 Å². The number of carbonyl (C=O) groups is 1. The molecule has 21 heavy (non-hydrogen) atoms. The van der Waals surface area contributed by atoms with Crippen molar-refractivity contribution in [1.82, 2.24) is 15.1 Å². The summed E-state index contributed by atoms with van der Waals surface area (Å²) < 4.78 is 0.942. The molecular weight excluding hydrogens is 304 g/mol. The fourth-order valence-electron chi connectivity index (χ4n) is 1.82. The van der Waals surface area contributed by atoms with Gasteiger partial charge in [0.1, 0.15) is 0 Å². The minimum absolute atomic E-state index is 0.0846. The Bertz CT molecular complexity index is 423. The van der Waals surface area contributed by atoms with E-state index in [9.17, 15) is 4.79 Å². The van der Waals surface area contributed by atoms with Crippen LogP contribution in [0.25, 0.3) is 0 Å². The van der Waals surface area contributed by atoms with Gasteiger partial charge >= 0.3 is 6.03 Å². The molecule has 1 aromatic heterocycles. The molecule has 1 aromatic rings. The molecule has 0 aliphatic carbocycles. The van der Waals surface area contributed by atoms with Crippen LogP contribution in [0.15, 0.2) is 4.34 Å². The quantitative estimate of drug-likeness (QED) is 0.388. The Hall–Kier alpha value is -0.820. The molecule has 2 amide bonds. The summed E-state index contributed by atoms with van der Waals surface area (Å²) in [6.07, 6.45) is 7.82. The zero-order chi connectivity index (χ0) is 15.7. The van der Waals surface area contributed by atoms with Crippen LogP contribution in [0.2, 0.25) is 0 Å². The highest BCUT2D eigenvalue weighted by atomic mass is 32.2. The van der Waals surface area contributed by atoms with Crippen LogP contribution in [-0.2, 0) is 0 Å². The number of aromatic nitrogens is 2. The van der Waals surface area contributed by atoms with Gasteiger partial charge in [-0.2, -0.15) is 0 Å². The van der Waals surface area contributed by atoms with E-state index in [0.29, 0.717) is 5.13 Å². The first-order valence-electron chi connectivity index (χ1n) is 7.47. The van der Waals surface area contributed by atoms with Gasteiger partial charge in [0.2, 0.25) is 5.13 Å². The molecule has 0 radical (unpaired) electrons. The third-order valence-corrected chi connectivity index (χ3v) is 5.29. The first kappa shape index (κ1) is 18.2. The SMILES string of the molecule is CCCCCCCCSc1nnc(N(C)C(=O)N(C)C)s1. The topological polar surface area (TPSA) is 49.3 Å². The van der Waals surface area contributed by atoms with Gasteiger partial charge in [-0.1, -0.05) is 62.1 Å². The van der Waals surface area contributed by atoms with E-state index < -0.39 is 0 Å². The Morgan fingerprint density at radius 2 is 1.76 bits per heavy atom. The van der Waals surface area contributed by atoms with Gasteiger partial charge in [-0.15, -0.1) is 10.2 Å². The largest absolute Gasteiger partial charge is 0.330 e. The van der Waals surface area contributed by atoms with Gasteiger partial charge in [-0.3, -0.25) is 4.90 Å². The molecule has 0 N–H and O–H groups in total. The van der Waals surface area contributed by atoms with Gasteiger partial charge in [-0.25, -0.2) is 4.79 Å². The maximum Gasteiger partial charge on any atom is 0.325 e. The van der Waals surface area contributed by atoms with E-state index in [1.807, 2.05) is 0 Å². The van der Waals surface area contributed by atoms with E-state index in [1.54, 1.807) is 32.9 Å². The summed E-state index contributed by atoms with van der Waals surface area (Å²) in [5, 5.41) is 8.88. The number of rotatable bonds is 9. The van der Waals surface area contributed by atoms with E-state index in [1.165, 1.54) is 59.7 Å². The second kappa shape index (κ2) is 10.00. The molecule has 0 saturated carbocycles. The fourth-order valence-corrected chi connectivity index (χ4v) is 3.69. The molecule has 0 fully saturated rings. The number of thioether (sulfide) groups is 1. The fraction of sp³-hybridized carbons (Fsp3) is 0.786. The van der Waals surface area contributed by atoms with Crippen molar-refractivity contribution in [2.45, 2.75) is 49.8 Å². The zero-order valence-corrected chi connectivity index (χ0v) is 15.1. The molecule has 1 heterocycles. The third kappa shape index (κ3) is 6.65. The van der Waals surface area contributed by atoms with Crippen molar-refractivity contribution < 1.29 is 4.79 Å². The van der Waals surface area contributed by atoms with Crippen LogP contribution < -0.4 is 4.90 Å². The monoisotopic (exact) mass is 330 g/mol. The average Bonchev–Trinajstić information content (AvgIpc) is 2.93. The van der Waals surface area contributed by atoms with Crippen LogP contribution in [0.1, 0.15) is 45.4 Å². The van der Waals surface area contributed by atoms with Crippen molar-refractivity contribution in [2.24, 2.45) is 0 Å². The van der Waals surface area contributed by atoms with E-state index in [-0.39, 0.29) is 6.03 Å². The highest BCUT2D eigenvalue weighted by Crippen LogP contribution is 2.28. The number of anilines is 1. The molecule has 0 aromatic carbocycles. The van der Waals surface area contributed by atoms with Gasteiger partial charge in [0.05, 0.1) is 0 Å². The normalized spacial score (nSPS) is 10.7. The molecule has 120 valence electrons. The number of urea groups is 1. The maximum atomic E-state index is 11.8. The molecule has 7 heteroatoms. The van der Waals surface area contributed by atoms with Crippen LogP contribution in [-0.4, -0.2) is 48.0 Å². The molecule has 0 bridgehead atoms. The lowest BCUT2D eigenvalue weighted by atomic mass is 10.1. The smallest absolute Gasteiger partial charge is 0.325 e. The predicted octanol–water partition coefficient (Wildman–Crippen LogP) is 4.11. The number of hydrogen-bond acceptors (Lipinski definition) is 5. The Kier molecular flexibility index (Phi) is 8.68. The van der Waals surface area contributed by atoms with Gasteiger partial charge in [0.25, 0.3) is 0 Å². The Labute approximate surface area is 136 Å². The lowest BCUT2D eigenvalue weighted by molar-refractivity contribution is 0.225. The molecule has 5 nitrogen and oxygen atoms in total. The maximum absolute atomic E-state index is 11.8. The van der Waals surface area contributed by atoms with Crippen LogP contribution in [0.4, 0.5) is 9.93 Å². The molecule has 0 spiro atoms. The first-order chi connectivity index (χ1) is 10.1. The van der Waals surface area contributed by atoms with Crippen molar-refractivity contribution in [3.63, 3.8) is 0 Å². The van der Waals surface area contributed by atoms with Gasteiger partial charge in [0.15, 0.2) is 4.34 Å². The number of unbranched alkanes of at least 4 members (excludes halogenated alkanes) is 5. The summed E-state index contributed by atoms with van der Waals surface area (Å²) in [6.45, 7) is 2.24. The lowest BCUT2D eigenvalue weighted by Crippen LogP contribution is -2.36. The summed E-state index contributed by atoms with van der Waals surface area (Å²) in [5.74, 6) is 1.08. The molecule has 1 rings (SSSR count). The Balaban J connectivity index is 2.27. The summed E-state index contributed by atoms with van der Waals surface area (Å²) in [4.78, 5) is 14.9. The van der Waals surface area contributed by atoms with Gasteiger partial charge in [0, 0.05) is 26.9 Å². The molecule has 0 unspecified atom stereocenters. The van der Waals surface area contributed by atoms with Crippen molar-refractivity contribution in [2.75, 3.05) is 31.8 Å². The Morgan fingerprint density at radius 3 is 2.43 bits per heavy atom. The van der Waals surface area contributed by atoms with Crippen molar-refractivity contribution in [3.8, 4) is 0 Å². The molecular formula is C14H26N4OS2. The van der Waals surface area contributed by atoms with Gasteiger partial charge < -0.3 is 4.90 Å². The van der Waals surface area contributed by atoms with E-state index in [2.05, 4.69) is 17.1 Å². The van der Waals surface area contributed by atoms with Crippen LogP contribution >= 0.6 is 23.1 Å². The summed E-state index contributed by atoms with van der Waals surface area (Å²) in [6, 6.07) is -0.0846. The highest BCUT2D eigenvalue weighted by molar-refractivity contribution is 8.01. The van der Waals surface area contributed by atoms with E-state index >= 15 is 0 Å². The standard InChI is InChI=1S/C14H26N4OS2/c1-5-6-7-8-9-10-11-20-13-16-15-12(21-13)18(4)14(19)17(2)3/h5-11H2,1-4H3. The molecule has 0 aliphatic heterocycles. The summed E-state index contributed by atoms with van der Waals surface area (Å²) in [7, 11) is 5.19. The van der Waals surface area contributed by atoms with Crippen molar-refractivity contribution in [3.05, 3.63) is 0 Å². The second-order valence-electron chi connectivity index (χ2n) is 5.20. The van der Waals surface area contributed by atoms with Crippen molar-refractivity contribution in [1.29, 1.82) is 0 Å². The number of carbonyl (C=O) groups excluding carboxylic acids is 1. The number of hydrogen-bond donors (Lipinski definition) is 0. The van der Waals surface area contributed by atoms with Crippen molar-refractivity contribution >= 4 is 34.3 Å². The summed E-state index contributed by atoms with van der Waals surface area (Å²) in [5.41, 5.74) is 0. The molecule has 0 aliphatic rings. The number of amides is 2. The van der Waals surface area contributed by atoms with Crippen LogP contribution in [0.5, 0.6) is 0 Å². The number of nitrogens with zero attached hydrogens (tertiary/aromatic N) is 4. The molecule has 0 saturated heterocycles. The minimum Gasteiger partial charge on any atom is -0.330 e. The van der Waals surface area contributed by atoms with E-state index in [4.69, 9.17) is 0 Å². The summed E-state index contributed by atoms with van der Waals surface area (Å²) >= 11 is 3.21. The lowest BCUT2D eigenvalue weighted by Gasteiger charge is -2.18. The Morgan fingerprint density at radius 1 is 1.10 bits per heavy atom. The van der Waals surface area contributed by atoms with E-state index in [0.717, 1.165) is 10.1 Å². The highest BCUT2D eigenvalue weighted by Gasteiger charge is 2.17. The minimum atomic E-state index is -0.0846. The third-order valence-electron chi connectivity index (χ3n) is 3.08. The first-order valence-corrected chi connectivity index (χ1v) is 9.27. The van der Waals surface area contributed by atoms with Gasteiger partial charge in [-0.05, 0) is 6.42 Å². The second-order valence-corrected chi connectivity index (χ2v) is 7.50. The predicted molar refractivity (Wildman–Crippen MR) is 91.5 cm³/mol. The zero-order valence-electron chi connectivity index (χ0n) is 13.5. The molecule has 0 atom stereocenters.